The molecule has 9 heteroatoms. The largest absolute Gasteiger partial charge is 0.319 e. The number of hydrogen-bond donors (Lipinski definition) is 1. The first-order valence-corrected chi connectivity index (χ1v) is 10.8. The van der Waals surface area contributed by atoms with Crippen LogP contribution in [0.3, 0.4) is 0 Å². The van der Waals surface area contributed by atoms with Gasteiger partial charge in [0.2, 0.25) is 0 Å². The zero-order valence-corrected chi connectivity index (χ0v) is 17.0. The number of carbonyl (C=O) groups is 1. The lowest BCUT2D eigenvalue weighted by Gasteiger charge is -2.20. The summed E-state index contributed by atoms with van der Waals surface area (Å²) in [6.45, 7) is 0.259. The summed E-state index contributed by atoms with van der Waals surface area (Å²) in [6, 6.07) is 13.6. The van der Waals surface area contributed by atoms with Crippen LogP contribution >= 0.6 is 11.6 Å². The summed E-state index contributed by atoms with van der Waals surface area (Å²) in [6.07, 6.45) is 0.567. The molecule has 1 aliphatic heterocycles. The summed E-state index contributed by atoms with van der Waals surface area (Å²) in [5.74, 6) is -2.48. The van der Waals surface area contributed by atoms with Gasteiger partial charge in [0.15, 0.2) is 0 Å². The van der Waals surface area contributed by atoms with Gasteiger partial charge in [-0.2, -0.15) is 0 Å². The number of para-hydroxylation sites is 1. The van der Waals surface area contributed by atoms with Gasteiger partial charge in [-0.25, -0.2) is 17.2 Å². The fraction of sp³-hybridized carbons (Fsp3) is 0.0952. The van der Waals surface area contributed by atoms with Gasteiger partial charge in [-0.05, 0) is 48.4 Å². The van der Waals surface area contributed by atoms with E-state index in [1.165, 1.54) is 16.4 Å². The van der Waals surface area contributed by atoms with Gasteiger partial charge < -0.3 is 5.32 Å². The number of halogens is 3. The summed E-state index contributed by atoms with van der Waals surface area (Å²) in [5.41, 5.74) is 1.21. The van der Waals surface area contributed by atoms with Crippen molar-refractivity contribution in [3.63, 3.8) is 0 Å². The van der Waals surface area contributed by atoms with Gasteiger partial charge in [-0.3, -0.25) is 9.10 Å². The molecule has 1 N–H and O–H groups in total. The number of benzene rings is 3. The minimum Gasteiger partial charge on any atom is -0.319 e. The lowest BCUT2D eigenvalue weighted by Crippen LogP contribution is -2.29. The van der Waals surface area contributed by atoms with Crippen LogP contribution in [0.15, 0.2) is 65.6 Å². The smallest absolute Gasteiger partial charge is 0.265 e. The highest BCUT2D eigenvalue weighted by Gasteiger charge is 2.32. The summed E-state index contributed by atoms with van der Waals surface area (Å²) in [7, 11) is -4.03. The summed E-state index contributed by atoms with van der Waals surface area (Å²) >= 11 is 6.15. The molecule has 0 unspecified atom stereocenters. The highest BCUT2D eigenvalue weighted by molar-refractivity contribution is 7.93. The Morgan fingerprint density at radius 1 is 1.03 bits per heavy atom. The van der Waals surface area contributed by atoms with Gasteiger partial charge in [-0.1, -0.05) is 29.8 Å². The zero-order chi connectivity index (χ0) is 21.5. The summed E-state index contributed by atoms with van der Waals surface area (Å²) in [4.78, 5) is 12.3. The van der Waals surface area contributed by atoms with Crippen molar-refractivity contribution in [2.75, 3.05) is 16.2 Å². The molecule has 0 saturated heterocycles. The second kappa shape index (κ2) is 7.70. The van der Waals surface area contributed by atoms with E-state index in [9.17, 15) is 22.0 Å². The van der Waals surface area contributed by atoms with E-state index in [-0.39, 0.29) is 27.7 Å². The Balaban J connectivity index is 1.67. The molecule has 5 nitrogen and oxygen atoms in total. The molecule has 1 heterocycles. The van der Waals surface area contributed by atoms with E-state index in [1.54, 1.807) is 12.1 Å². The van der Waals surface area contributed by atoms with Crippen molar-refractivity contribution in [2.24, 2.45) is 0 Å². The van der Waals surface area contributed by atoms with Gasteiger partial charge in [0.05, 0.1) is 16.4 Å². The maximum atomic E-state index is 13.8. The number of hydrogen-bond acceptors (Lipinski definition) is 3. The number of anilines is 2. The van der Waals surface area contributed by atoms with Crippen LogP contribution in [0, 0.1) is 11.6 Å². The van der Waals surface area contributed by atoms with Crippen LogP contribution < -0.4 is 9.62 Å². The number of fused-ring (bicyclic) bond motifs is 1. The fourth-order valence-electron chi connectivity index (χ4n) is 3.30. The molecule has 0 bridgehead atoms. The number of carbonyl (C=O) groups excluding carboxylic acids is 1. The first kappa shape index (κ1) is 20.3. The van der Waals surface area contributed by atoms with Crippen molar-refractivity contribution in [3.8, 4) is 0 Å². The van der Waals surface area contributed by atoms with Gasteiger partial charge in [0, 0.05) is 18.2 Å². The SMILES string of the molecule is O=C(Nc1ccc(F)cc1F)c1ccc(Cl)c(S(=O)(=O)N2CCc3ccccc32)c1. The highest BCUT2D eigenvalue weighted by atomic mass is 35.5. The molecule has 0 spiro atoms. The van der Waals surface area contributed by atoms with E-state index < -0.39 is 27.6 Å². The Morgan fingerprint density at radius 2 is 1.80 bits per heavy atom. The van der Waals surface area contributed by atoms with Gasteiger partial charge in [0.1, 0.15) is 16.5 Å². The average molecular weight is 449 g/mol. The summed E-state index contributed by atoms with van der Waals surface area (Å²) < 4.78 is 54.6. The fourth-order valence-corrected chi connectivity index (χ4v) is 5.31. The topological polar surface area (TPSA) is 66.5 Å². The number of sulfonamides is 1. The van der Waals surface area contributed by atoms with E-state index in [2.05, 4.69) is 5.32 Å². The first-order chi connectivity index (χ1) is 14.3. The Morgan fingerprint density at radius 3 is 2.57 bits per heavy atom. The van der Waals surface area contributed by atoms with E-state index in [4.69, 9.17) is 11.6 Å². The molecule has 0 aliphatic carbocycles. The molecular weight excluding hydrogens is 434 g/mol. The summed E-state index contributed by atoms with van der Waals surface area (Å²) in [5, 5.41) is 2.27. The average Bonchev–Trinajstić information content (AvgIpc) is 3.15. The maximum Gasteiger partial charge on any atom is 0.265 e. The van der Waals surface area contributed by atoms with Crippen LogP contribution in [0.25, 0.3) is 0 Å². The predicted molar refractivity (Wildman–Crippen MR) is 110 cm³/mol. The normalized spacial score (nSPS) is 13.2. The first-order valence-electron chi connectivity index (χ1n) is 8.94. The van der Waals surface area contributed by atoms with Gasteiger partial charge in [-0.15, -0.1) is 0 Å². The Hall–Kier alpha value is -2.97. The molecule has 3 aromatic carbocycles. The van der Waals surface area contributed by atoms with E-state index >= 15 is 0 Å². The molecule has 0 fully saturated rings. The monoisotopic (exact) mass is 448 g/mol. The molecule has 30 heavy (non-hydrogen) atoms. The van der Waals surface area contributed by atoms with Crippen molar-refractivity contribution in [3.05, 3.63) is 88.4 Å². The molecule has 4 rings (SSSR count). The molecule has 0 aromatic heterocycles. The van der Waals surface area contributed by atoms with Crippen LogP contribution in [0.4, 0.5) is 20.2 Å². The third kappa shape index (κ3) is 3.64. The Labute approximate surface area is 177 Å². The second-order valence-corrected chi connectivity index (χ2v) is 8.92. The van der Waals surface area contributed by atoms with Crippen molar-refractivity contribution >= 4 is 38.9 Å². The van der Waals surface area contributed by atoms with Crippen LogP contribution in [0.1, 0.15) is 15.9 Å². The van der Waals surface area contributed by atoms with Gasteiger partial charge in [0.25, 0.3) is 15.9 Å². The number of nitrogens with zero attached hydrogens (tertiary/aromatic N) is 1. The number of amides is 1. The lowest BCUT2D eigenvalue weighted by atomic mass is 10.2. The molecule has 1 aliphatic rings. The van der Waals surface area contributed by atoms with Crippen molar-refractivity contribution in [2.45, 2.75) is 11.3 Å². The molecular formula is C21H15ClF2N2O3S. The van der Waals surface area contributed by atoms with Crippen LogP contribution in [-0.4, -0.2) is 20.9 Å². The lowest BCUT2D eigenvalue weighted by molar-refractivity contribution is 0.102. The minimum absolute atomic E-state index is 0.0332. The number of nitrogens with one attached hydrogen (secondary N) is 1. The highest BCUT2D eigenvalue weighted by Crippen LogP contribution is 2.35. The Bertz CT molecular complexity index is 1260. The van der Waals surface area contributed by atoms with Crippen molar-refractivity contribution in [1.82, 2.24) is 0 Å². The number of rotatable bonds is 4. The van der Waals surface area contributed by atoms with Crippen LogP contribution in [0.2, 0.25) is 5.02 Å². The third-order valence-corrected chi connectivity index (χ3v) is 7.08. The quantitative estimate of drug-likeness (QED) is 0.633. The second-order valence-electron chi connectivity index (χ2n) is 6.68. The molecule has 0 saturated carbocycles. The van der Waals surface area contributed by atoms with Crippen LogP contribution in [0.5, 0.6) is 0 Å². The van der Waals surface area contributed by atoms with E-state index in [0.717, 1.165) is 23.8 Å². The standard InChI is InChI=1S/C21H15ClF2N2O3S/c22-16-7-5-14(21(27)25-18-8-6-15(23)12-17(18)24)11-20(16)30(28,29)26-10-9-13-3-1-2-4-19(13)26/h1-8,11-12H,9-10H2,(H,25,27). The van der Waals surface area contributed by atoms with E-state index in [1.807, 2.05) is 12.1 Å². The molecule has 0 radical (unpaired) electrons. The van der Waals surface area contributed by atoms with Crippen LogP contribution in [-0.2, 0) is 16.4 Å². The third-order valence-electron chi connectivity index (χ3n) is 4.79. The minimum atomic E-state index is -4.03. The molecule has 154 valence electrons. The van der Waals surface area contributed by atoms with Gasteiger partial charge >= 0.3 is 0 Å². The maximum absolute atomic E-state index is 13.8. The zero-order valence-electron chi connectivity index (χ0n) is 15.4. The molecule has 3 aromatic rings. The predicted octanol–water partition coefficient (Wildman–Crippen LogP) is 4.62. The van der Waals surface area contributed by atoms with Crippen molar-refractivity contribution < 1.29 is 22.0 Å². The molecule has 1 amide bonds. The van der Waals surface area contributed by atoms with E-state index in [0.29, 0.717) is 18.2 Å². The Kier molecular flexibility index (Phi) is 5.21. The van der Waals surface area contributed by atoms with Crippen molar-refractivity contribution in [1.29, 1.82) is 0 Å². The molecule has 0 atom stereocenters.